The fourth-order valence-corrected chi connectivity index (χ4v) is 2.61. The number of ether oxygens (including phenoxy) is 3. The number of carbonyl (C=O) groups is 1. The predicted octanol–water partition coefficient (Wildman–Crippen LogP) is 3.47. The van der Waals surface area contributed by atoms with E-state index in [9.17, 15) is 10.1 Å². The predicted molar refractivity (Wildman–Crippen MR) is 104 cm³/mol. The summed E-state index contributed by atoms with van der Waals surface area (Å²) in [6.07, 6.45) is 3.82. The van der Waals surface area contributed by atoms with Gasteiger partial charge >= 0.3 is 0 Å². The van der Waals surface area contributed by atoms with Crippen molar-refractivity contribution in [1.82, 2.24) is 5.32 Å². The standard InChI is InChI=1S/C19H23BrN2O4/c1-4-8-26-18-16(20)11-14(12-17(18)24-3)10-15(13-21)19(23)22-7-6-9-25-5-2/h4,10-12H,1,5-9H2,2-3H3,(H,22,23)/b15-10+. The highest BCUT2D eigenvalue weighted by Gasteiger charge is 2.13. The van der Waals surface area contributed by atoms with Gasteiger partial charge in [0.05, 0.1) is 11.6 Å². The van der Waals surface area contributed by atoms with Gasteiger partial charge < -0.3 is 19.5 Å². The van der Waals surface area contributed by atoms with Crippen molar-refractivity contribution in [3.8, 4) is 17.6 Å². The van der Waals surface area contributed by atoms with Crippen LogP contribution in [0.25, 0.3) is 6.08 Å². The Morgan fingerprint density at radius 2 is 2.23 bits per heavy atom. The minimum atomic E-state index is -0.425. The van der Waals surface area contributed by atoms with Crippen molar-refractivity contribution >= 4 is 27.9 Å². The highest BCUT2D eigenvalue weighted by atomic mass is 79.9. The lowest BCUT2D eigenvalue weighted by Crippen LogP contribution is -2.26. The first-order chi connectivity index (χ1) is 12.6. The first-order valence-corrected chi connectivity index (χ1v) is 8.95. The molecule has 0 aliphatic heterocycles. The van der Waals surface area contributed by atoms with E-state index in [1.807, 2.05) is 13.0 Å². The van der Waals surface area contributed by atoms with Gasteiger partial charge in [0.1, 0.15) is 18.2 Å². The van der Waals surface area contributed by atoms with E-state index in [1.165, 1.54) is 13.2 Å². The van der Waals surface area contributed by atoms with Crippen molar-refractivity contribution in [3.05, 3.63) is 40.4 Å². The second-order valence-corrected chi connectivity index (χ2v) is 5.96. The van der Waals surface area contributed by atoms with E-state index in [0.717, 1.165) is 0 Å². The molecule has 0 atom stereocenters. The van der Waals surface area contributed by atoms with Crippen LogP contribution in [0.5, 0.6) is 11.5 Å². The third-order valence-electron chi connectivity index (χ3n) is 3.23. The van der Waals surface area contributed by atoms with Gasteiger partial charge in [0, 0.05) is 19.8 Å². The van der Waals surface area contributed by atoms with Crippen molar-refractivity contribution in [3.63, 3.8) is 0 Å². The van der Waals surface area contributed by atoms with E-state index in [0.29, 0.717) is 54.3 Å². The number of methoxy groups -OCH3 is 1. The second-order valence-electron chi connectivity index (χ2n) is 5.11. The van der Waals surface area contributed by atoms with Gasteiger partial charge in [-0.05, 0) is 53.0 Å². The molecule has 1 rings (SSSR count). The molecule has 0 heterocycles. The molecular weight excluding hydrogens is 400 g/mol. The van der Waals surface area contributed by atoms with Gasteiger partial charge in [0.15, 0.2) is 11.5 Å². The molecule has 0 aliphatic rings. The highest BCUT2D eigenvalue weighted by Crippen LogP contribution is 2.37. The van der Waals surface area contributed by atoms with E-state index in [1.54, 1.807) is 18.2 Å². The van der Waals surface area contributed by atoms with E-state index in [-0.39, 0.29) is 5.57 Å². The number of nitrogens with one attached hydrogen (secondary N) is 1. The molecule has 1 aromatic carbocycles. The van der Waals surface area contributed by atoms with Crippen LogP contribution < -0.4 is 14.8 Å². The number of amides is 1. The quantitative estimate of drug-likeness (QED) is 0.255. The number of rotatable bonds is 11. The molecule has 1 amide bonds. The van der Waals surface area contributed by atoms with Crippen molar-refractivity contribution in [1.29, 1.82) is 5.26 Å². The Hall–Kier alpha value is -2.30. The number of benzene rings is 1. The van der Waals surface area contributed by atoms with Crippen LogP contribution in [0.4, 0.5) is 0 Å². The largest absolute Gasteiger partial charge is 0.493 e. The molecule has 7 heteroatoms. The summed E-state index contributed by atoms with van der Waals surface area (Å²) < 4.78 is 16.7. The molecule has 0 aromatic heterocycles. The minimum Gasteiger partial charge on any atom is -0.493 e. The van der Waals surface area contributed by atoms with Crippen molar-refractivity contribution in [2.75, 3.05) is 33.5 Å². The number of carbonyl (C=O) groups excluding carboxylic acids is 1. The zero-order chi connectivity index (χ0) is 19.4. The van der Waals surface area contributed by atoms with E-state index in [4.69, 9.17) is 14.2 Å². The summed E-state index contributed by atoms with van der Waals surface area (Å²) in [4.78, 5) is 12.1. The monoisotopic (exact) mass is 422 g/mol. The number of halogens is 1. The summed E-state index contributed by atoms with van der Waals surface area (Å²) in [6, 6.07) is 5.37. The number of nitriles is 1. The highest BCUT2D eigenvalue weighted by molar-refractivity contribution is 9.10. The average molecular weight is 423 g/mol. The molecule has 26 heavy (non-hydrogen) atoms. The Balaban J connectivity index is 2.91. The molecule has 0 radical (unpaired) electrons. The van der Waals surface area contributed by atoms with Crippen molar-refractivity contribution in [2.45, 2.75) is 13.3 Å². The first kappa shape index (κ1) is 21.7. The van der Waals surface area contributed by atoms with Gasteiger partial charge in [0.25, 0.3) is 5.91 Å². The maximum atomic E-state index is 12.1. The first-order valence-electron chi connectivity index (χ1n) is 8.16. The number of hydrogen-bond donors (Lipinski definition) is 1. The normalized spacial score (nSPS) is 10.8. The molecule has 140 valence electrons. The van der Waals surface area contributed by atoms with Gasteiger partial charge in [0.2, 0.25) is 0 Å². The molecule has 0 saturated heterocycles. The van der Waals surface area contributed by atoms with Crippen LogP contribution in [-0.4, -0.2) is 39.4 Å². The SMILES string of the molecule is C=CCOc1c(Br)cc(/C=C(\C#N)C(=O)NCCCOCC)cc1OC. The molecule has 0 spiro atoms. The van der Waals surface area contributed by atoms with E-state index in [2.05, 4.69) is 27.8 Å². The minimum absolute atomic E-state index is 0.00937. The molecular formula is C19H23BrN2O4. The van der Waals surface area contributed by atoms with Crippen molar-refractivity contribution < 1.29 is 19.0 Å². The zero-order valence-electron chi connectivity index (χ0n) is 15.0. The summed E-state index contributed by atoms with van der Waals surface area (Å²) in [6.45, 7) is 7.50. The third kappa shape index (κ3) is 6.90. The van der Waals surface area contributed by atoms with Crippen LogP contribution in [0, 0.1) is 11.3 Å². The topological polar surface area (TPSA) is 80.6 Å². The Labute approximate surface area is 162 Å². The summed E-state index contributed by atoms with van der Waals surface area (Å²) >= 11 is 3.42. The van der Waals surface area contributed by atoms with Gasteiger partial charge in [-0.1, -0.05) is 12.7 Å². The maximum absolute atomic E-state index is 12.1. The Bertz CT molecular complexity index is 696. The van der Waals surface area contributed by atoms with Crippen LogP contribution >= 0.6 is 15.9 Å². The fraction of sp³-hybridized carbons (Fsp3) is 0.368. The van der Waals surface area contributed by atoms with Crippen LogP contribution in [0.1, 0.15) is 18.9 Å². The van der Waals surface area contributed by atoms with Gasteiger partial charge in [-0.2, -0.15) is 5.26 Å². The summed E-state index contributed by atoms with van der Waals surface area (Å²) in [7, 11) is 1.52. The van der Waals surface area contributed by atoms with E-state index < -0.39 is 5.91 Å². The molecule has 0 unspecified atom stereocenters. The van der Waals surface area contributed by atoms with Gasteiger partial charge in [-0.3, -0.25) is 4.79 Å². The zero-order valence-corrected chi connectivity index (χ0v) is 16.6. The Morgan fingerprint density at radius 1 is 1.46 bits per heavy atom. The van der Waals surface area contributed by atoms with Crippen molar-refractivity contribution in [2.24, 2.45) is 0 Å². The maximum Gasteiger partial charge on any atom is 0.261 e. The fourth-order valence-electron chi connectivity index (χ4n) is 2.04. The molecule has 0 bridgehead atoms. The summed E-state index contributed by atoms with van der Waals surface area (Å²) in [5.74, 6) is 0.594. The smallest absolute Gasteiger partial charge is 0.261 e. The molecule has 0 fully saturated rings. The van der Waals surface area contributed by atoms with Crippen LogP contribution in [0.3, 0.4) is 0 Å². The molecule has 6 nitrogen and oxygen atoms in total. The Morgan fingerprint density at radius 3 is 2.85 bits per heavy atom. The summed E-state index contributed by atoms with van der Waals surface area (Å²) in [5, 5.41) is 12.0. The van der Waals surface area contributed by atoms with Crippen LogP contribution in [-0.2, 0) is 9.53 Å². The third-order valence-corrected chi connectivity index (χ3v) is 3.82. The molecule has 0 aliphatic carbocycles. The lowest BCUT2D eigenvalue weighted by atomic mass is 10.1. The van der Waals surface area contributed by atoms with Gasteiger partial charge in [-0.25, -0.2) is 0 Å². The average Bonchev–Trinajstić information content (AvgIpc) is 2.64. The lowest BCUT2D eigenvalue weighted by molar-refractivity contribution is -0.117. The number of nitrogens with zero attached hydrogens (tertiary/aromatic N) is 1. The van der Waals surface area contributed by atoms with E-state index >= 15 is 0 Å². The van der Waals surface area contributed by atoms with Gasteiger partial charge in [-0.15, -0.1) is 0 Å². The number of hydrogen-bond acceptors (Lipinski definition) is 5. The molecule has 0 saturated carbocycles. The second kappa shape index (κ2) is 12.1. The molecule has 1 aromatic rings. The molecule has 1 N–H and O–H groups in total. The Kier molecular flexibility index (Phi) is 10.1. The van der Waals surface area contributed by atoms with Crippen LogP contribution in [0.2, 0.25) is 0 Å². The lowest BCUT2D eigenvalue weighted by Gasteiger charge is -2.12. The summed E-state index contributed by atoms with van der Waals surface area (Å²) in [5.41, 5.74) is 0.649. The van der Waals surface area contributed by atoms with Crippen LogP contribution in [0.15, 0.2) is 34.8 Å².